The lowest BCUT2D eigenvalue weighted by molar-refractivity contribution is 0.102. The number of amides is 3. The first-order valence-corrected chi connectivity index (χ1v) is 8.79. The Morgan fingerprint density at radius 1 is 1.29 bits per heavy atom. The molecule has 1 aromatic carbocycles. The normalized spacial score (nSPS) is 13.3. The Morgan fingerprint density at radius 3 is 2.89 bits per heavy atom. The van der Waals surface area contributed by atoms with Gasteiger partial charge in [0.25, 0.3) is 5.91 Å². The molecule has 0 bridgehead atoms. The van der Waals surface area contributed by atoms with Crippen molar-refractivity contribution >= 4 is 28.7 Å². The zero-order valence-corrected chi connectivity index (χ0v) is 15.5. The predicted molar refractivity (Wildman–Crippen MR) is 102 cm³/mol. The van der Waals surface area contributed by atoms with Crippen molar-refractivity contribution in [1.29, 1.82) is 0 Å². The number of benzene rings is 1. The molecule has 2 aromatic heterocycles. The summed E-state index contributed by atoms with van der Waals surface area (Å²) in [7, 11) is 3.42. The number of rotatable bonds is 2. The maximum Gasteiger partial charge on any atom is 0.417 e. The molecule has 3 aromatic rings. The molecule has 2 N–H and O–H groups in total. The summed E-state index contributed by atoms with van der Waals surface area (Å²) in [5, 5.41) is 2.80. The summed E-state index contributed by atoms with van der Waals surface area (Å²) in [6.45, 7) is 0.930. The van der Waals surface area contributed by atoms with Crippen LogP contribution in [0.3, 0.4) is 0 Å². The van der Waals surface area contributed by atoms with E-state index in [1.165, 1.54) is 11.1 Å². The van der Waals surface area contributed by atoms with E-state index in [0.717, 1.165) is 11.1 Å². The molecule has 144 valence electrons. The number of carbonyl (C=O) groups excluding carboxylic acids is 2. The second kappa shape index (κ2) is 6.84. The van der Waals surface area contributed by atoms with E-state index in [0.29, 0.717) is 41.9 Å². The highest BCUT2D eigenvalue weighted by Crippen LogP contribution is 2.25. The fourth-order valence-electron chi connectivity index (χ4n) is 3.40. The van der Waals surface area contributed by atoms with Gasteiger partial charge in [-0.25, -0.2) is 9.59 Å². The van der Waals surface area contributed by atoms with Gasteiger partial charge >= 0.3 is 11.8 Å². The van der Waals surface area contributed by atoms with E-state index in [1.807, 2.05) is 0 Å². The van der Waals surface area contributed by atoms with E-state index >= 15 is 0 Å². The van der Waals surface area contributed by atoms with Gasteiger partial charge in [-0.2, -0.15) is 0 Å². The molecule has 0 spiro atoms. The molecular weight excluding hydrogens is 362 g/mol. The van der Waals surface area contributed by atoms with Gasteiger partial charge in [-0.3, -0.25) is 14.8 Å². The summed E-state index contributed by atoms with van der Waals surface area (Å²) in [6.07, 6.45) is 3.77. The van der Waals surface area contributed by atoms with Gasteiger partial charge in [0.1, 0.15) is 0 Å². The van der Waals surface area contributed by atoms with Crippen molar-refractivity contribution in [2.75, 3.05) is 26.0 Å². The Labute approximate surface area is 160 Å². The Kier molecular flexibility index (Phi) is 4.34. The Hall–Kier alpha value is -3.62. The van der Waals surface area contributed by atoms with Gasteiger partial charge in [0.05, 0.1) is 16.8 Å². The van der Waals surface area contributed by atoms with Gasteiger partial charge in [0.15, 0.2) is 5.58 Å². The molecule has 0 saturated heterocycles. The van der Waals surface area contributed by atoms with Crippen LogP contribution in [0, 0.1) is 0 Å². The maximum atomic E-state index is 12.9. The van der Waals surface area contributed by atoms with E-state index in [-0.39, 0.29) is 11.9 Å². The number of aromatic amines is 1. The first-order valence-electron chi connectivity index (χ1n) is 8.79. The molecule has 9 heteroatoms. The van der Waals surface area contributed by atoms with Gasteiger partial charge < -0.3 is 19.5 Å². The Morgan fingerprint density at radius 2 is 2.11 bits per heavy atom. The van der Waals surface area contributed by atoms with Crippen LogP contribution in [0.25, 0.3) is 11.1 Å². The molecule has 0 aliphatic carbocycles. The molecule has 28 heavy (non-hydrogen) atoms. The minimum Gasteiger partial charge on any atom is -0.406 e. The molecule has 0 atom stereocenters. The summed E-state index contributed by atoms with van der Waals surface area (Å²) < 4.78 is 5.12. The summed E-state index contributed by atoms with van der Waals surface area (Å²) in [6, 6.07) is 5.00. The van der Waals surface area contributed by atoms with Crippen molar-refractivity contribution in [3.63, 3.8) is 0 Å². The van der Waals surface area contributed by atoms with Gasteiger partial charge in [-0.05, 0) is 29.7 Å². The van der Waals surface area contributed by atoms with Gasteiger partial charge in [0.2, 0.25) is 0 Å². The third-order valence-electron chi connectivity index (χ3n) is 4.73. The van der Waals surface area contributed by atoms with E-state index in [2.05, 4.69) is 15.3 Å². The van der Waals surface area contributed by atoms with E-state index in [9.17, 15) is 14.4 Å². The first kappa shape index (κ1) is 17.8. The van der Waals surface area contributed by atoms with Crippen molar-refractivity contribution in [3.8, 4) is 0 Å². The van der Waals surface area contributed by atoms with E-state index < -0.39 is 5.76 Å². The van der Waals surface area contributed by atoms with Crippen LogP contribution in [-0.4, -0.2) is 52.3 Å². The van der Waals surface area contributed by atoms with Gasteiger partial charge in [0, 0.05) is 39.6 Å². The fraction of sp³-hybridized carbons (Fsp3) is 0.263. The van der Waals surface area contributed by atoms with Crippen LogP contribution in [0.1, 0.15) is 21.5 Å². The van der Waals surface area contributed by atoms with Crippen LogP contribution in [-0.2, 0) is 13.0 Å². The van der Waals surface area contributed by atoms with Gasteiger partial charge in [-0.1, -0.05) is 6.07 Å². The number of aromatic nitrogens is 2. The van der Waals surface area contributed by atoms with Crippen LogP contribution < -0.4 is 11.1 Å². The average Bonchev–Trinajstić information content (AvgIpc) is 3.07. The smallest absolute Gasteiger partial charge is 0.406 e. The number of hydrogen-bond acceptors (Lipinski definition) is 5. The second-order valence-electron chi connectivity index (χ2n) is 6.82. The third-order valence-corrected chi connectivity index (χ3v) is 4.73. The van der Waals surface area contributed by atoms with Crippen molar-refractivity contribution in [2.45, 2.75) is 13.0 Å². The van der Waals surface area contributed by atoms with Crippen LogP contribution in [0.5, 0.6) is 0 Å². The molecular formula is C19H19N5O4. The monoisotopic (exact) mass is 381 g/mol. The molecule has 3 amide bonds. The van der Waals surface area contributed by atoms with Crippen molar-refractivity contribution in [3.05, 3.63) is 57.8 Å². The highest BCUT2D eigenvalue weighted by atomic mass is 16.4. The minimum atomic E-state index is -0.582. The quantitative estimate of drug-likeness (QED) is 0.703. The number of fused-ring (bicyclic) bond motifs is 2. The van der Waals surface area contributed by atoms with Crippen LogP contribution in [0.15, 0.2) is 39.8 Å². The predicted octanol–water partition coefficient (Wildman–Crippen LogP) is 1.81. The number of carbonyl (C=O) groups is 2. The first-order chi connectivity index (χ1) is 13.4. The second-order valence-corrected chi connectivity index (χ2v) is 6.82. The maximum absolute atomic E-state index is 12.9. The number of para-hydroxylation sites is 1. The summed E-state index contributed by atoms with van der Waals surface area (Å²) >= 11 is 0. The number of hydrogen-bond donors (Lipinski definition) is 2. The standard InChI is InChI=1S/C19H19N5O4/c1-23(2)19(27)24-7-6-12-11(10-24)8-20-9-13(12)17(25)21-14-4-3-5-15-16(14)28-18(26)22-15/h3-5,8-9H,6-7,10H2,1-2H3,(H,21,25)(H,22,26). The SMILES string of the molecule is CN(C)C(=O)N1CCc2c(cncc2C(=O)Nc2cccc3[nH]c(=O)oc23)C1. The molecule has 0 saturated carbocycles. The molecule has 0 fully saturated rings. The molecule has 4 rings (SSSR count). The van der Waals surface area contributed by atoms with Crippen molar-refractivity contribution < 1.29 is 14.0 Å². The lowest BCUT2D eigenvalue weighted by Gasteiger charge is -2.31. The largest absolute Gasteiger partial charge is 0.417 e. The topological polar surface area (TPSA) is 112 Å². The summed E-state index contributed by atoms with van der Waals surface area (Å²) in [4.78, 5) is 46.5. The number of urea groups is 1. The fourth-order valence-corrected chi connectivity index (χ4v) is 3.40. The van der Waals surface area contributed by atoms with Crippen molar-refractivity contribution in [1.82, 2.24) is 19.8 Å². The summed E-state index contributed by atoms with van der Waals surface area (Å²) in [5.41, 5.74) is 3.37. The number of oxazole rings is 1. The average molecular weight is 381 g/mol. The number of anilines is 1. The molecule has 9 nitrogen and oxygen atoms in total. The van der Waals surface area contributed by atoms with E-state index in [1.54, 1.807) is 43.4 Å². The minimum absolute atomic E-state index is 0.0744. The highest BCUT2D eigenvalue weighted by molar-refractivity contribution is 6.08. The zero-order chi connectivity index (χ0) is 19.8. The van der Waals surface area contributed by atoms with Gasteiger partial charge in [-0.15, -0.1) is 0 Å². The Bertz CT molecular complexity index is 1130. The molecule has 1 aliphatic rings. The van der Waals surface area contributed by atoms with Crippen molar-refractivity contribution in [2.24, 2.45) is 0 Å². The molecule has 0 radical (unpaired) electrons. The lowest BCUT2D eigenvalue weighted by Crippen LogP contribution is -2.42. The number of H-pyrrole nitrogens is 1. The summed E-state index contributed by atoms with van der Waals surface area (Å²) in [5.74, 6) is -0.922. The lowest BCUT2D eigenvalue weighted by atomic mass is 9.96. The number of nitrogens with one attached hydrogen (secondary N) is 2. The zero-order valence-electron chi connectivity index (χ0n) is 15.5. The highest BCUT2D eigenvalue weighted by Gasteiger charge is 2.26. The number of pyridine rings is 1. The van der Waals surface area contributed by atoms with Crippen LogP contribution in [0.2, 0.25) is 0 Å². The third kappa shape index (κ3) is 3.11. The number of nitrogens with zero attached hydrogens (tertiary/aromatic N) is 3. The molecule has 1 aliphatic heterocycles. The molecule has 0 unspecified atom stereocenters. The molecule has 3 heterocycles. The van der Waals surface area contributed by atoms with Crippen LogP contribution in [0.4, 0.5) is 10.5 Å². The van der Waals surface area contributed by atoms with E-state index in [4.69, 9.17) is 4.42 Å². The van der Waals surface area contributed by atoms with Crippen LogP contribution >= 0.6 is 0 Å². The Balaban J connectivity index is 1.62.